The summed E-state index contributed by atoms with van der Waals surface area (Å²) in [5.74, 6) is -0.998. The number of rotatable bonds is 6. The van der Waals surface area contributed by atoms with E-state index < -0.39 is 17.4 Å². The number of esters is 2. The van der Waals surface area contributed by atoms with Crippen LogP contribution in [0.15, 0.2) is 25.3 Å². The summed E-state index contributed by atoms with van der Waals surface area (Å²) in [5.41, 5.74) is -0.419. The summed E-state index contributed by atoms with van der Waals surface area (Å²) in [5, 5.41) is 0. The first-order valence-electron chi connectivity index (χ1n) is 4.78. The molecule has 0 bridgehead atoms. The zero-order valence-corrected chi connectivity index (χ0v) is 8.94. The number of hydrogen-bond donors (Lipinski definition) is 0. The zero-order chi connectivity index (χ0) is 12.0. The average Bonchev–Trinajstić information content (AvgIpc) is 2.26. The third kappa shape index (κ3) is 3.20. The van der Waals surface area contributed by atoms with Crippen molar-refractivity contribution in [2.24, 2.45) is 5.41 Å². The molecule has 0 N–H and O–H groups in total. The lowest BCUT2D eigenvalue weighted by Gasteiger charge is -2.39. The first kappa shape index (κ1) is 12.4. The maximum atomic E-state index is 10.9. The standard InChI is InChI=1S/C11H14O5/c1-3-9(12)15-7-11(5-14-6-11)8-16-10(13)4-2/h3-4H,1-2,5-8H2. The first-order chi connectivity index (χ1) is 7.62. The average molecular weight is 226 g/mol. The van der Waals surface area contributed by atoms with Crippen molar-refractivity contribution in [1.82, 2.24) is 0 Å². The Morgan fingerprint density at radius 3 is 1.81 bits per heavy atom. The summed E-state index contributed by atoms with van der Waals surface area (Å²) in [4.78, 5) is 21.8. The summed E-state index contributed by atoms with van der Waals surface area (Å²) >= 11 is 0. The lowest BCUT2D eigenvalue weighted by Crippen LogP contribution is -2.50. The summed E-state index contributed by atoms with van der Waals surface area (Å²) in [6.45, 7) is 7.70. The van der Waals surface area contributed by atoms with Crippen molar-refractivity contribution in [1.29, 1.82) is 0 Å². The second-order valence-electron chi connectivity index (χ2n) is 3.62. The Morgan fingerprint density at radius 2 is 1.56 bits per heavy atom. The molecule has 0 amide bonds. The molecule has 1 aliphatic rings. The smallest absolute Gasteiger partial charge is 0.330 e. The SMILES string of the molecule is C=CC(=O)OCC1(COC(=O)C=C)COC1. The van der Waals surface area contributed by atoms with Gasteiger partial charge in [-0.25, -0.2) is 9.59 Å². The van der Waals surface area contributed by atoms with Crippen molar-refractivity contribution < 1.29 is 23.8 Å². The Kier molecular flexibility index (Phi) is 4.25. The minimum Gasteiger partial charge on any atom is -0.462 e. The van der Waals surface area contributed by atoms with E-state index in [1.54, 1.807) is 0 Å². The molecule has 0 unspecified atom stereocenters. The maximum absolute atomic E-state index is 10.9. The van der Waals surface area contributed by atoms with E-state index in [2.05, 4.69) is 13.2 Å². The fourth-order valence-corrected chi connectivity index (χ4v) is 1.17. The molecule has 0 aliphatic carbocycles. The molecule has 0 saturated carbocycles. The van der Waals surface area contributed by atoms with Gasteiger partial charge in [0.2, 0.25) is 0 Å². The van der Waals surface area contributed by atoms with Crippen LogP contribution in [0.4, 0.5) is 0 Å². The largest absolute Gasteiger partial charge is 0.462 e. The predicted molar refractivity (Wildman–Crippen MR) is 55.6 cm³/mol. The molecule has 1 rings (SSSR count). The molecule has 1 fully saturated rings. The quantitative estimate of drug-likeness (QED) is 0.486. The van der Waals surface area contributed by atoms with Gasteiger partial charge in [-0.3, -0.25) is 0 Å². The van der Waals surface area contributed by atoms with Gasteiger partial charge in [-0.2, -0.15) is 0 Å². The molecule has 0 aromatic carbocycles. The third-order valence-corrected chi connectivity index (χ3v) is 2.19. The van der Waals surface area contributed by atoms with Crippen molar-refractivity contribution >= 4 is 11.9 Å². The molecule has 1 heterocycles. The molecule has 1 aliphatic heterocycles. The highest BCUT2D eigenvalue weighted by Crippen LogP contribution is 2.28. The summed E-state index contributed by atoms with van der Waals surface area (Å²) in [6, 6.07) is 0. The van der Waals surface area contributed by atoms with Crippen LogP contribution in [0, 0.1) is 5.41 Å². The van der Waals surface area contributed by atoms with E-state index in [1.165, 1.54) is 0 Å². The second kappa shape index (κ2) is 5.46. The van der Waals surface area contributed by atoms with Crippen LogP contribution in [0.1, 0.15) is 0 Å². The van der Waals surface area contributed by atoms with Crippen molar-refractivity contribution in [2.75, 3.05) is 26.4 Å². The topological polar surface area (TPSA) is 61.8 Å². The minimum atomic E-state index is -0.499. The Balaban J connectivity index is 2.38. The maximum Gasteiger partial charge on any atom is 0.330 e. The van der Waals surface area contributed by atoms with Crippen LogP contribution >= 0.6 is 0 Å². The van der Waals surface area contributed by atoms with Crippen LogP contribution in [0.3, 0.4) is 0 Å². The van der Waals surface area contributed by atoms with E-state index in [1.807, 2.05) is 0 Å². The second-order valence-corrected chi connectivity index (χ2v) is 3.62. The third-order valence-electron chi connectivity index (χ3n) is 2.19. The van der Waals surface area contributed by atoms with Crippen LogP contribution in [-0.4, -0.2) is 38.4 Å². The molecule has 88 valence electrons. The summed E-state index contributed by atoms with van der Waals surface area (Å²) < 4.78 is 14.9. The zero-order valence-electron chi connectivity index (χ0n) is 8.94. The predicted octanol–water partition coefficient (Wildman–Crippen LogP) is 0.461. The van der Waals surface area contributed by atoms with Crippen molar-refractivity contribution in [3.63, 3.8) is 0 Å². The molecule has 5 heteroatoms. The number of carbonyl (C=O) groups excluding carboxylic acids is 2. The molecule has 0 spiro atoms. The van der Waals surface area contributed by atoms with Crippen LogP contribution in [-0.2, 0) is 23.8 Å². The summed E-state index contributed by atoms with van der Waals surface area (Å²) in [7, 11) is 0. The molecule has 0 atom stereocenters. The lowest BCUT2D eigenvalue weighted by atomic mass is 9.88. The van der Waals surface area contributed by atoms with E-state index in [9.17, 15) is 9.59 Å². The highest BCUT2D eigenvalue weighted by Gasteiger charge is 2.41. The van der Waals surface area contributed by atoms with E-state index in [4.69, 9.17) is 14.2 Å². The van der Waals surface area contributed by atoms with Crippen molar-refractivity contribution in [3.05, 3.63) is 25.3 Å². The van der Waals surface area contributed by atoms with Crippen LogP contribution in [0.2, 0.25) is 0 Å². The molecular formula is C11H14O5. The van der Waals surface area contributed by atoms with Crippen LogP contribution in [0.25, 0.3) is 0 Å². The Labute approximate surface area is 93.7 Å². The van der Waals surface area contributed by atoms with E-state index in [0.717, 1.165) is 12.2 Å². The van der Waals surface area contributed by atoms with E-state index in [0.29, 0.717) is 13.2 Å². The molecule has 5 nitrogen and oxygen atoms in total. The van der Waals surface area contributed by atoms with Gasteiger partial charge in [0.15, 0.2) is 0 Å². The number of carbonyl (C=O) groups is 2. The molecular weight excluding hydrogens is 212 g/mol. The first-order valence-corrected chi connectivity index (χ1v) is 4.78. The summed E-state index contributed by atoms with van der Waals surface area (Å²) in [6.07, 6.45) is 2.17. The molecule has 0 radical (unpaired) electrons. The van der Waals surface area contributed by atoms with Gasteiger partial charge < -0.3 is 14.2 Å². The Bertz CT molecular complexity index is 277. The van der Waals surface area contributed by atoms with Crippen molar-refractivity contribution in [2.45, 2.75) is 0 Å². The normalized spacial score (nSPS) is 16.8. The molecule has 0 aromatic rings. The number of hydrogen-bond acceptors (Lipinski definition) is 5. The van der Waals surface area contributed by atoms with E-state index in [-0.39, 0.29) is 13.2 Å². The number of ether oxygens (including phenoxy) is 3. The van der Waals surface area contributed by atoms with Gasteiger partial charge in [-0.1, -0.05) is 13.2 Å². The molecule has 16 heavy (non-hydrogen) atoms. The highest BCUT2D eigenvalue weighted by molar-refractivity contribution is 5.81. The van der Waals surface area contributed by atoms with Gasteiger partial charge >= 0.3 is 11.9 Å². The highest BCUT2D eigenvalue weighted by atomic mass is 16.6. The monoisotopic (exact) mass is 226 g/mol. The van der Waals surface area contributed by atoms with Gasteiger partial charge in [-0.15, -0.1) is 0 Å². The van der Waals surface area contributed by atoms with Gasteiger partial charge in [0.1, 0.15) is 13.2 Å². The van der Waals surface area contributed by atoms with Crippen molar-refractivity contribution in [3.8, 4) is 0 Å². The van der Waals surface area contributed by atoms with Gasteiger partial charge in [-0.05, 0) is 0 Å². The van der Waals surface area contributed by atoms with Gasteiger partial charge in [0.05, 0.1) is 18.6 Å². The van der Waals surface area contributed by atoms with Crippen LogP contribution < -0.4 is 0 Å². The fourth-order valence-electron chi connectivity index (χ4n) is 1.17. The Morgan fingerprint density at radius 1 is 1.12 bits per heavy atom. The molecule has 0 aromatic heterocycles. The van der Waals surface area contributed by atoms with E-state index >= 15 is 0 Å². The fraction of sp³-hybridized carbons (Fsp3) is 0.455. The molecule has 1 saturated heterocycles. The minimum absolute atomic E-state index is 0.155. The lowest BCUT2D eigenvalue weighted by molar-refractivity contribution is -0.185. The van der Waals surface area contributed by atoms with Gasteiger partial charge in [0.25, 0.3) is 0 Å². The van der Waals surface area contributed by atoms with Gasteiger partial charge in [0, 0.05) is 12.2 Å². The Hall–Kier alpha value is -1.62. The van der Waals surface area contributed by atoms with Crippen LogP contribution in [0.5, 0.6) is 0 Å².